The first-order valence-corrected chi connectivity index (χ1v) is 8.07. The fourth-order valence-electron chi connectivity index (χ4n) is 2.15. The highest BCUT2D eigenvalue weighted by molar-refractivity contribution is 7.08. The van der Waals surface area contributed by atoms with Crippen molar-refractivity contribution in [2.45, 2.75) is 6.54 Å². The number of rotatable bonds is 5. The van der Waals surface area contributed by atoms with Gasteiger partial charge in [-0.05, 0) is 59.6 Å². The van der Waals surface area contributed by atoms with Gasteiger partial charge in [-0.2, -0.15) is 4.37 Å². The number of halogens is 1. The summed E-state index contributed by atoms with van der Waals surface area (Å²) in [6, 6.07) is 15.3. The Kier molecular flexibility index (Phi) is 4.86. The van der Waals surface area contributed by atoms with Crippen molar-refractivity contribution in [3.05, 3.63) is 70.9 Å². The van der Waals surface area contributed by atoms with E-state index in [1.54, 1.807) is 25.3 Å². The van der Waals surface area contributed by atoms with Crippen molar-refractivity contribution < 1.29 is 13.9 Å². The van der Waals surface area contributed by atoms with E-state index in [0.29, 0.717) is 11.4 Å². The minimum atomic E-state index is -0.295. The average molecular weight is 342 g/mol. The SMILES string of the molecule is COc1ccc(-c2cc(C(=O)NCc3ccc(F)cc3)sn2)cc1. The van der Waals surface area contributed by atoms with Crippen molar-refractivity contribution in [1.29, 1.82) is 0 Å². The number of hydrogen-bond donors (Lipinski definition) is 1. The van der Waals surface area contributed by atoms with Crippen LogP contribution in [0, 0.1) is 5.82 Å². The Hall–Kier alpha value is -2.73. The predicted octanol–water partition coefficient (Wildman–Crippen LogP) is 3.89. The molecule has 4 nitrogen and oxygen atoms in total. The van der Waals surface area contributed by atoms with Crippen molar-refractivity contribution in [2.24, 2.45) is 0 Å². The third-order valence-corrected chi connectivity index (χ3v) is 4.27. The number of nitrogens with zero attached hydrogens (tertiary/aromatic N) is 1. The van der Waals surface area contributed by atoms with E-state index in [1.807, 2.05) is 24.3 Å². The third kappa shape index (κ3) is 3.78. The molecule has 0 unspecified atom stereocenters. The third-order valence-electron chi connectivity index (χ3n) is 3.49. The number of nitrogens with one attached hydrogen (secondary N) is 1. The van der Waals surface area contributed by atoms with Gasteiger partial charge in [0.25, 0.3) is 5.91 Å². The number of carbonyl (C=O) groups excluding carboxylic acids is 1. The van der Waals surface area contributed by atoms with E-state index >= 15 is 0 Å². The van der Waals surface area contributed by atoms with Crippen LogP contribution in [0.15, 0.2) is 54.6 Å². The maximum atomic E-state index is 12.9. The molecule has 6 heteroatoms. The van der Waals surface area contributed by atoms with Crippen molar-refractivity contribution in [1.82, 2.24) is 9.69 Å². The maximum Gasteiger partial charge on any atom is 0.263 e. The molecule has 0 aliphatic heterocycles. The summed E-state index contributed by atoms with van der Waals surface area (Å²) in [6.07, 6.45) is 0. The number of carbonyl (C=O) groups is 1. The van der Waals surface area contributed by atoms with Crippen LogP contribution in [0.2, 0.25) is 0 Å². The van der Waals surface area contributed by atoms with Gasteiger partial charge in [-0.3, -0.25) is 4.79 Å². The monoisotopic (exact) mass is 342 g/mol. The number of hydrogen-bond acceptors (Lipinski definition) is 4. The Labute approximate surface area is 143 Å². The lowest BCUT2D eigenvalue weighted by atomic mass is 10.1. The first kappa shape index (κ1) is 16.1. The zero-order valence-electron chi connectivity index (χ0n) is 13.0. The minimum absolute atomic E-state index is 0.198. The van der Waals surface area contributed by atoms with Crippen LogP contribution in [0.1, 0.15) is 15.2 Å². The van der Waals surface area contributed by atoms with E-state index in [4.69, 9.17) is 4.74 Å². The lowest BCUT2D eigenvalue weighted by Gasteiger charge is -2.03. The second-order valence-corrected chi connectivity index (χ2v) is 5.92. The molecule has 0 aliphatic carbocycles. The predicted molar refractivity (Wildman–Crippen MR) is 91.7 cm³/mol. The fraction of sp³-hybridized carbons (Fsp3) is 0.111. The lowest BCUT2D eigenvalue weighted by molar-refractivity contribution is 0.0955. The molecule has 0 aliphatic rings. The molecule has 3 rings (SSSR count). The topological polar surface area (TPSA) is 51.2 Å². The number of benzene rings is 2. The molecule has 0 atom stereocenters. The minimum Gasteiger partial charge on any atom is -0.497 e. The van der Waals surface area contributed by atoms with Crippen LogP contribution in [0.5, 0.6) is 5.75 Å². The van der Waals surface area contributed by atoms with Crippen molar-refractivity contribution in [3.8, 4) is 17.0 Å². The van der Waals surface area contributed by atoms with Gasteiger partial charge in [0.15, 0.2) is 0 Å². The van der Waals surface area contributed by atoms with E-state index in [-0.39, 0.29) is 11.7 Å². The van der Waals surface area contributed by atoms with Crippen molar-refractivity contribution >= 4 is 17.4 Å². The van der Waals surface area contributed by atoms with Crippen LogP contribution in [0.3, 0.4) is 0 Å². The van der Waals surface area contributed by atoms with Gasteiger partial charge >= 0.3 is 0 Å². The summed E-state index contributed by atoms with van der Waals surface area (Å²) in [5.74, 6) is 0.277. The number of amides is 1. The normalized spacial score (nSPS) is 10.4. The van der Waals surface area contributed by atoms with Crippen LogP contribution in [0.25, 0.3) is 11.3 Å². The van der Waals surface area contributed by atoms with E-state index < -0.39 is 0 Å². The maximum absolute atomic E-state index is 12.9. The van der Waals surface area contributed by atoms with E-state index in [1.165, 1.54) is 12.1 Å². The molecular weight excluding hydrogens is 327 g/mol. The van der Waals surface area contributed by atoms with Gasteiger partial charge in [-0.25, -0.2) is 4.39 Å². The highest BCUT2D eigenvalue weighted by Crippen LogP contribution is 2.24. The van der Waals surface area contributed by atoms with E-state index in [2.05, 4.69) is 9.69 Å². The summed E-state index contributed by atoms with van der Waals surface area (Å²) in [7, 11) is 1.61. The molecule has 122 valence electrons. The van der Waals surface area contributed by atoms with Crippen LogP contribution in [0.4, 0.5) is 4.39 Å². The summed E-state index contributed by atoms with van der Waals surface area (Å²) in [6.45, 7) is 0.342. The molecule has 2 aromatic carbocycles. The first-order valence-electron chi connectivity index (χ1n) is 7.29. The highest BCUT2D eigenvalue weighted by Gasteiger charge is 2.11. The second-order valence-electron chi connectivity index (χ2n) is 5.11. The molecule has 0 saturated heterocycles. The van der Waals surface area contributed by atoms with Gasteiger partial charge in [0.2, 0.25) is 0 Å². The Balaban J connectivity index is 1.65. The van der Waals surface area contributed by atoms with Gasteiger partial charge in [0.05, 0.1) is 12.8 Å². The number of ether oxygens (including phenoxy) is 1. The van der Waals surface area contributed by atoms with Crippen molar-refractivity contribution in [3.63, 3.8) is 0 Å². The van der Waals surface area contributed by atoms with Crippen LogP contribution in [-0.4, -0.2) is 17.4 Å². The van der Waals surface area contributed by atoms with E-state index in [0.717, 1.165) is 34.1 Å². The first-order chi connectivity index (χ1) is 11.7. The molecule has 1 heterocycles. The van der Waals surface area contributed by atoms with Crippen LogP contribution < -0.4 is 10.1 Å². The summed E-state index contributed by atoms with van der Waals surface area (Å²) in [5, 5.41) is 2.81. The van der Waals surface area contributed by atoms with Crippen LogP contribution in [-0.2, 0) is 6.54 Å². The number of methoxy groups -OCH3 is 1. The Bertz CT molecular complexity index is 829. The number of aromatic nitrogens is 1. The lowest BCUT2D eigenvalue weighted by Crippen LogP contribution is -2.21. The van der Waals surface area contributed by atoms with Gasteiger partial charge < -0.3 is 10.1 Å². The smallest absolute Gasteiger partial charge is 0.263 e. The summed E-state index contributed by atoms with van der Waals surface area (Å²) in [5.41, 5.74) is 2.50. The zero-order valence-corrected chi connectivity index (χ0v) is 13.8. The van der Waals surface area contributed by atoms with Gasteiger partial charge in [0, 0.05) is 12.1 Å². The molecule has 1 N–H and O–H groups in total. The zero-order chi connectivity index (χ0) is 16.9. The van der Waals surface area contributed by atoms with Gasteiger partial charge in [0.1, 0.15) is 16.4 Å². The standard InChI is InChI=1S/C18H15FN2O2S/c1-23-15-8-4-13(5-9-15)16-10-17(24-21-16)18(22)20-11-12-2-6-14(19)7-3-12/h2-10H,11H2,1H3,(H,20,22). The largest absolute Gasteiger partial charge is 0.497 e. The molecule has 0 saturated carbocycles. The molecule has 0 radical (unpaired) electrons. The Morgan fingerprint density at radius 1 is 1.17 bits per heavy atom. The molecular formula is C18H15FN2O2S. The molecule has 0 fully saturated rings. The second kappa shape index (κ2) is 7.23. The molecule has 24 heavy (non-hydrogen) atoms. The Morgan fingerprint density at radius 3 is 2.54 bits per heavy atom. The van der Waals surface area contributed by atoms with Gasteiger partial charge in [-0.15, -0.1) is 0 Å². The summed E-state index contributed by atoms with van der Waals surface area (Å²) >= 11 is 1.15. The molecule has 0 bridgehead atoms. The highest BCUT2D eigenvalue weighted by atomic mass is 32.1. The van der Waals surface area contributed by atoms with E-state index in [9.17, 15) is 9.18 Å². The molecule has 3 aromatic rings. The average Bonchev–Trinajstić information content (AvgIpc) is 3.11. The molecule has 1 amide bonds. The molecule has 1 aromatic heterocycles. The van der Waals surface area contributed by atoms with Gasteiger partial charge in [-0.1, -0.05) is 12.1 Å². The fourth-order valence-corrected chi connectivity index (χ4v) is 2.83. The molecule has 0 spiro atoms. The summed E-state index contributed by atoms with van der Waals surface area (Å²) in [4.78, 5) is 12.7. The van der Waals surface area contributed by atoms with Crippen molar-refractivity contribution in [2.75, 3.05) is 7.11 Å². The van der Waals surface area contributed by atoms with Crippen LogP contribution >= 0.6 is 11.5 Å². The summed E-state index contributed by atoms with van der Waals surface area (Å²) < 4.78 is 22.3. The Morgan fingerprint density at radius 2 is 1.88 bits per heavy atom. The quantitative estimate of drug-likeness (QED) is 0.765.